The van der Waals surface area contributed by atoms with Gasteiger partial charge in [-0.3, -0.25) is 4.79 Å². The Kier molecular flexibility index (Phi) is 2.12. The lowest BCUT2D eigenvalue weighted by molar-refractivity contribution is -0.131. The molecule has 0 aromatic carbocycles. The second-order valence-corrected chi connectivity index (χ2v) is 2.65. The number of ether oxygens (including phenoxy) is 1. The molecule has 11 heavy (non-hydrogen) atoms. The van der Waals surface area contributed by atoms with Crippen LogP contribution in [0.15, 0.2) is 0 Å². The molecule has 0 spiro atoms. The zero-order valence-corrected chi connectivity index (χ0v) is 6.10. The van der Waals surface area contributed by atoms with Gasteiger partial charge in [0.1, 0.15) is 12.2 Å². The normalized spacial score (nSPS) is 44.3. The van der Waals surface area contributed by atoms with Gasteiger partial charge in [0.2, 0.25) is 5.91 Å². The molecule has 4 unspecified atom stereocenters. The van der Waals surface area contributed by atoms with Crippen molar-refractivity contribution in [3.63, 3.8) is 0 Å². The molecule has 1 heterocycles. The maximum absolute atomic E-state index is 10.5. The summed E-state index contributed by atoms with van der Waals surface area (Å²) in [6.45, 7) is 1.57. The molecule has 1 rings (SSSR count). The van der Waals surface area contributed by atoms with Crippen LogP contribution in [0, 0.1) is 0 Å². The molecule has 1 aliphatic rings. The van der Waals surface area contributed by atoms with E-state index in [2.05, 4.69) is 0 Å². The number of aliphatic hydroxyl groups excluding tert-OH is 2. The van der Waals surface area contributed by atoms with E-state index in [1.165, 1.54) is 0 Å². The molecule has 0 aliphatic carbocycles. The zero-order chi connectivity index (χ0) is 8.59. The van der Waals surface area contributed by atoms with Crippen LogP contribution in [0.1, 0.15) is 6.92 Å². The van der Waals surface area contributed by atoms with E-state index in [-0.39, 0.29) is 0 Å². The van der Waals surface area contributed by atoms with Gasteiger partial charge in [0.15, 0.2) is 6.10 Å². The molecule has 0 aromatic heterocycles. The van der Waals surface area contributed by atoms with E-state index in [4.69, 9.17) is 20.7 Å². The Morgan fingerprint density at radius 1 is 1.45 bits per heavy atom. The predicted molar refractivity (Wildman–Crippen MR) is 35.5 cm³/mol. The first-order chi connectivity index (χ1) is 5.04. The summed E-state index contributed by atoms with van der Waals surface area (Å²) in [6.07, 6.45) is -3.82. The van der Waals surface area contributed by atoms with Crippen LogP contribution in [0.5, 0.6) is 0 Å². The van der Waals surface area contributed by atoms with Gasteiger partial charge in [-0.1, -0.05) is 0 Å². The van der Waals surface area contributed by atoms with Crippen molar-refractivity contribution in [1.29, 1.82) is 0 Å². The summed E-state index contributed by atoms with van der Waals surface area (Å²) >= 11 is 0. The van der Waals surface area contributed by atoms with Crippen LogP contribution in [0.25, 0.3) is 0 Å². The number of carbonyl (C=O) groups is 1. The van der Waals surface area contributed by atoms with Gasteiger partial charge in [-0.2, -0.15) is 0 Å². The van der Waals surface area contributed by atoms with Crippen LogP contribution in [0.3, 0.4) is 0 Å². The Morgan fingerprint density at radius 2 is 2.00 bits per heavy atom. The highest BCUT2D eigenvalue weighted by molar-refractivity contribution is 5.80. The van der Waals surface area contributed by atoms with Crippen molar-refractivity contribution in [3.8, 4) is 0 Å². The molecule has 1 saturated heterocycles. The lowest BCUT2D eigenvalue weighted by Crippen LogP contribution is -2.39. The molecule has 1 amide bonds. The summed E-state index contributed by atoms with van der Waals surface area (Å²) in [6, 6.07) is 0. The smallest absolute Gasteiger partial charge is 0.249 e. The van der Waals surface area contributed by atoms with Gasteiger partial charge >= 0.3 is 0 Å². The highest BCUT2D eigenvalue weighted by Crippen LogP contribution is 2.20. The minimum Gasteiger partial charge on any atom is -0.388 e. The SMILES string of the molecule is CC1OC(C(N)=O)C(O)C1O. The minimum atomic E-state index is -1.19. The fraction of sp³-hybridized carbons (Fsp3) is 0.833. The number of hydrogen-bond acceptors (Lipinski definition) is 4. The van der Waals surface area contributed by atoms with E-state index in [0.717, 1.165) is 0 Å². The van der Waals surface area contributed by atoms with Gasteiger partial charge in [0, 0.05) is 0 Å². The second-order valence-electron chi connectivity index (χ2n) is 2.65. The highest BCUT2D eigenvalue weighted by Gasteiger charge is 2.43. The standard InChI is InChI=1S/C6H11NO4/c1-2-3(8)4(9)5(11-2)6(7)10/h2-5,8-9H,1H3,(H2,7,10). The quantitative estimate of drug-likeness (QED) is 0.414. The van der Waals surface area contributed by atoms with Gasteiger partial charge in [0.25, 0.3) is 0 Å². The van der Waals surface area contributed by atoms with Crippen molar-refractivity contribution in [2.45, 2.75) is 31.3 Å². The maximum atomic E-state index is 10.5. The first-order valence-corrected chi connectivity index (χ1v) is 3.35. The van der Waals surface area contributed by atoms with Crippen molar-refractivity contribution < 1.29 is 19.7 Å². The van der Waals surface area contributed by atoms with Gasteiger partial charge in [-0.25, -0.2) is 0 Å². The van der Waals surface area contributed by atoms with Crippen LogP contribution >= 0.6 is 0 Å². The van der Waals surface area contributed by atoms with Crippen molar-refractivity contribution in [2.24, 2.45) is 5.73 Å². The monoisotopic (exact) mass is 161 g/mol. The van der Waals surface area contributed by atoms with E-state index in [1.807, 2.05) is 0 Å². The summed E-state index contributed by atoms with van der Waals surface area (Å²) < 4.78 is 4.87. The summed E-state index contributed by atoms with van der Waals surface area (Å²) in [4.78, 5) is 10.5. The second kappa shape index (κ2) is 2.77. The van der Waals surface area contributed by atoms with Gasteiger partial charge in [0.05, 0.1) is 6.10 Å². The van der Waals surface area contributed by atoms with Crippen LogP contribution in [0.2, 0.25) is 0 Å². The number of amides is 1. The molecule has 0 saturated carbocycles. The first-order valence-electron chi connectivity index (χ1n) is 3.35. The van der Waals surface area contributed by atoms with Crippen molar-refractivity contribution in [3.05, 3.63) is 0 Å². The molecule has 0 aromatic rings. The van der Waals surface area contributed by atoms with Gasteiger partial charge in [-0.05, 0) is 6.92 Å². The number of aliphatic hydroxyl groups is 2. The average Bonchev–Trinajstić information content (AvgIpc) is 2.17. The van der Waals surface area contributed by atoms with Gasteiger partial charge < -0.3 is 20.7 Å². The molecule has 5 heteroatoms. The topological polar surface area (TPSA) is 92.8 Å². The van der Waals surface area contributed by atoms with Crippen LogP contribution < -0.4 is 5.73 Å². The number of hydrogen-bond donors (Lipinski definition) is 3. The average molecular weight is 161 g/mol. The molecule has 0 radical (unpaired) electrons. The van der Waals surface area contributed by atoms with E-state index < -0.39 is 30.3 Å². The predicted octanol–water partition coefficient (Wildman–Crippen LogP) is -2.02. The van der Waals surface area contributed by atoms with Crippen molar-refractivity contribution >= 4 is 5.91 Å². The third-order valence-electron chi connectivity index (χ3n) is 1.78. The number of carbonyl (C=O) groups excluding carboxylic acids is 1. The van der Waals surface area contributed by atoms with E-state index in [1.54, 1.807) is 6.92 Å². The lowest BCUT2D eigenvalue weighted by Gasteiger charge is -2.09. The Balaban J connectivity index is 2.67. The zero-order valence-electron chi connectivity index (χ0n) is 6.10. The Bertz CT molecular complexity index is 172. The third-order valence-corrected chi connectivity index (χ3v) is 1.78. The molecule has 4 atom stereocenters. The highest BCUT2D eigenvalue weighted by atomic mass is 16.5. The maximum Gasteiger partial charge on any atom is 0.249 e. The molecule has 64 valence electrons. The lowest BCUT2D eigenvalue weighted by atomic mass is 10.1. The fourth-order valence-corrected chi connectivity index (χ4v) is 1.08. The summed E-state index contributed by atoms with van der Waals surface area (Å²) in [5, 5.41) is 18.2. The van der Waals surface area contributed by atoms with E-state index >= 15 is 0 Å². The van der Waals surface area contributed by atoms with Crippen LogP contribution in [0.4, 0.5) is 0 Å². The molecule has 1 aliphatic heterocycles. The molecular weight excluding hydrogens is 150 g/mol. The summed E-state index contributed by atoms with van der Waals surface area (Å²) in [5.74, 6) is -0.749. The number of nitrogens with two attached hydrogens (primary N) is 1. The molecule has 5 nitrogen and oxygen atoms in total. The van der Waals surface area contributed by atoms with Crippen LogP contribution in [-0.4, -0.2) is 40.5 Å². The largest absolute Gasteiger partial charge is 0.388 e. The number of primary amides is 1. The van der Waals surface area contributed by atoms with Crippen molar-refractivity contribution in [1.82, 2.24) is 0 Å². The Labute approximate surface area is 63.8 Å². The Hall–Kier alpha value is -0.650. The molecular formula is C6H11NO4. The molecule has 1 fully saturated rings. The van der Waals surface area contributed by atoms with E-state index in [0.29, 0.717) is 0 Å². The molecule has 0 bridgehead atoms. The minimum absolute atomic E-state index is 0.539. The summed E-state index contributed by atoms with van der Waals surface area (Å²) in [5.41, 5.74) is 4.88. The first kappa shape index (κ1) is 8.45. The number of rotatable bonds is 1. The molecule has 4 N–H and O–H groups in total. The van der Waals surface area contributed by atoms with E-state index in [9.17, 15) is 4.79 Å². The van der Waals surface area contributed by atoms with Crippen LogP contribution in [-0.2, 0) is 9.53 Å². The fourth-order valence-electron chi connectivity index (χ4n) is 1.08. The summed E-state index contributed by atoms with van der Waals surface area (Å²) in [7, 11) is 0. The van der Waals surface area contributed by atoms with Gasteiger partial charge in [-0.15, -0.1) is 0 Å². The Morgan fingerprint density at radius 3 is 2.18 bits per heavy atom. The van der Waals surface area contributed by atoms with Crippen molar-refractivity contribution in [2.75, 3.05) is 0 Å². The third kappa shape index (κ3) is 1.35.